The standard InChI is InChI=1S/C19H20ClFN2O2/c1-11-3-2-4-15(24)16(11)17-14(21)7-12-9-23-6-5-22-8-13(23)10-25-19(12)18(17)20/h2-4,7,13,22,24H,5-6,8-10H2,1H3/t13-/m1/s1. The molecule has 0 unspecified atom stereocenters. The molecular formula is C19H20ClFN2O2. The Morgan fingerprint density at radius 1 is 1.36 bits per heavy atom. The molecule has 2 aliphatic heterocycles. The number of aryl methyl sites for hydroxylation is 1. The van der Waals surface area contributed by atoms with Gasteiger partial charge in [-0.25, -0.2) is 4.39 Å². The summed E-state index contributed by atoms with van der Waals surface area (Å²) >= 11 is 6.57. The molecule has 6 heteroatoms. The highest BCUT2D eigenvalue weighted by molar-refractivity contribution is 6.35. The summed E-state index contributed by atoms with van der Waals surface area (Å²) < 4.78 is 20.9. The van der Waals surface area contributed by atoms with E-state index in [1.165, 1.54) is 12.1 Å². The number of hydrogen-bond acceptors (Lipinski definition) is 4. The molecule has 0 aliphatic carbocycles. The van der Waals surface area contributed by atoms with Gasteiger partial charge in [-0.05, 0) is 24.6 Å². The monoisotopic (exact) mass is 362 g/mol. The molecule has 0 aromatic heterocycles. The second kappa shape index (κ2) is 6.48. The Balaban J connectivity index is 1.84. The first-order chi connectivity index (χ1) is 12.1. The van der Waals surface area contributed by atoms with E-state index in [-0.39, 0.29) is 22.4 Å². The Morgan fingerprint density at radius 2 is 2.20 bits per heavy atom. The highest BCUT2D eigenvalue weighted by Gasteiger charge is 2.30. The van der Waals surface area contributed by atoms with Crippen LogP contribution < -0.4 is 10.1 Å². The number of nitrogens with zero attached hydrogens (tertiary/aromatic N) is 1. The molecule has 1 fully saturated rings. The number of ether oxygens (including phenoxy) is 1. The van der Waals surface area contributed by atoms with Crippen molar-refractivity contribution in [1.82, 2.24) is 10.2 Å². The van der Waals surface area contributed by atoms with Crippen LogP contribution in [-0.4, -0.2) is 42.3 Å². The Bertz CT molecular complexity index is 807. The molecule has 4 nitrogen and oxygen atoms in total. The highest BCUT2D eigenvalue weighted by atomic mass is 35.5. The Labute approximate surface area is 151 Å². The topological polar surface area (TPSA) is 44.7 Å². The van der Waals surface area contributed by atoms with Crippen LogP contribution in [0.25, 0.3) is 11.1 Å². The lowest BCUT2D eigenvalue weighted by Gasteiger charge is -2.33. The number of halogens is 2. The van der Waals surface area contributed by atoms with Crippen LogP contribution in [0.3, 0.4) is 0 Å². The highest BCUT2D eigenvalue weighted by Crippen LogP contribution is 2.45. The first kappa shape index (κ1) is 16.6. The van der Waals surface area contributed by atoms with Crippen LogP contribution in [-0.2, 0) is 6.54 Å². The van der Waals surface area contributed by atoms with Crippen LogP contribution in [0.4, 0.5) is 4.39 Å². The third kappa shape index (κ3) is 2.86. The van der Waals surface area contributed by atoms with Gasteiger partial charge in [0.25, 0.3) is 0 Å². The summed E-state index contributed by atoms with van der Waals surface area (Å²) in [4.78, 5) is 2.29. The van der Waals surface area contributed by atoms with Crippen molar-refractivity contribution in [3.8, 4) is 22.6 Å². The van der Waals surface area contributed by atoms with E-state index in [4.69, 9.17) is 16.3 Å². The van der Waals surface area contributed by atoms with Gasteiger partial charge in [-0.3, -0.25) is 4.90 Å². The summed E-state index contributed by atoms with van der Waals surface area (Å²) in [5.74, 6) is 0.0941. The van der Waals surface area contributed by atoms with E-state index in [9.17, 15) is 9.50 Å². The molecule has 2 aliphatic rings. The third-order valence-corrected chi connectivity index (χ3v) is 5.38. The van der Waals surface area contributed by atoms with Crippen molar-refractivity contribution in [1.29, 1.82) is 0 Å². The first-order valence-corrected chi connectivity index (χ1v) is 8.81. The second-order valence-corrected chi connectivity index (χ2v) is 7.02. The van der Waals surface area contributed by atoms with E-state index in [2.05, 4.69) is 10.2 Å². The van der Waals surface area contributed by atoms with E-state index < -0.39 is 5.82 Å². The van der Waals surface area contributed by atoms with Gasteiger partial charge in [0.2, 0.25) is 0 Å². The number of aromatic hydroxyl groups is 1. The number of nitrogens with one attached hydrogen (secondary N) is 1. The largest absolute Gasteiger partial charge is 0.507 e. The molecule has 0 bridgehead atoms. The summed E-state index contributed by atoms with van der Waals surface area (Å²) in [6.07, 6.45) is 0. The molecule has 4 rings (SSSR count). The summed E-state index contributed by atoms with van der Waals surface area (Å²) in [6.45, 7) is 5.59. The van der Waals surface area contributed by atoms with Crippen molar-refractivity contribution in [2.45, 2.75) is 19.5 Å². The number of phenols is 1. The SMILES string of the molecule is Cc1cccc(O)c1-c1c(F)cc2c(c1Cl)OC[C@H]1CNCCN1C2. The molecule has 0 saturated carbocycles. The lowest BCUT2D eigenvalue weighted by Crippen LogP contribution is -2.52. The smallest absolute Gasteiger partial charge is 0.143 e. The third-order valence-electron chi connectivity index (χ3n) is 5.02. The van der Waals surface area contributed by atoms with Crippen molar-refractivity contribution in [3.05, 3.63) is 46.2 Å². The zero-order chi connectivity index (χ0) is 17.6. The molecule has 0 radical (unpaired) electrons. The minimum absolute atomic E-state index is 0.0102. The molecule has 2 aromatic carbocycles. The molecule has 0 amide bonds. The summed E-state index contributed by atoms with van der Waals surface area (Å²) in [7, 11) is 0. The zero-order valence-electron chi connectivity index (χ0n) is 14.0. The number of piperazine rings is 1. The van der Waals surface area contributed by atoms with Crippen LogP contribution in [0.2, 0.25) is 5.02 Å². The first-order valence-electron chi connectivity index (χ1n) is 8.43. The van der Waals surface area contributed by atoms with Gasteiger partial charge in [0.05, 0.1) is 11.1 Å². The average Bonchev–Trinajstić information content (AvgIpc) is 2.76. The zero-order valence-corrected chi connectivity index (χ0v) is 14.7. The molecule has 25 heavy (non-hydrogen) atoms. The summed E-state index contributed by atoms with van der Waals surface area (Å²) in [5, 5.41) is 13.8. The fraction of sp³-hybridized carbons (Fsp3) is 0.368. The van der Waals surface area contributed by atoms with Crippen LogP contribution >= 0.6 is 11.6 Å². The molecule has 132 valence electrons. The normalized spacial score (nSPS) is 20.4. The average molecular weight is 363 g/mol. The minimum Gasteiger partial charge on any atom is -0.507 e. The maximum absolute atomic E-state index is 15.0. The van der Waals surface area contributed by atoms with Gasteiger partial charge in [-0.1, -0.05) is 23.7 Å². The van der Waals surface area contributed by atoms with Crippen LogP contribution in [0, 0.1) is 12.7 Å². The van der Waals surface area contributed by atoms with Crippen LogP contribution in [0.15, 0.2) is 24.3 Å². The van der Waals surface area contributed by atoms with E-state index in [0.29, 0.717) is 24.5 Å². The lowest BCUT2D eigenvalue weighted by atomic mass is 9.97. The van der Waals surface area contributed by atoms with Crippen molar-refractivity contribution < 1.29 is 14.2 Å². The van der Waals surface area contributed by atoms with E-state index in [0.717, 1.165) is 30.8 Å². The second-order valence-electron chi connectivity index (χ2n) is 6.64. The van der Waals surface area contributed by atoms with Gasteiger partial charge in [0.15, 0.2) is 0 Å². The Morgan fingerprint density at radius 3 is 3.00 bits per heavy atom. The molecule has 0 spiro atoms. The van der Waals surface area contributed by atoms with Gasteiger partial charge in [0, 0.05) is 42.9 Å². The van der Waals surface area contributed by atoms with Gasteiger partial charge in [-0.2, -0.15) is 0 Å². The number of hydrogen-bond donors (Lipinski definition) is 2. The molecule has 2 aromatic rings. The van der Waals surface area contributed by atoms with Gasteiger partial charge in [0.1, 0.15) is 23.9 Å². The van der Waals surface area contributed by atoms with Crippen molar-refractivity contribution in [3.63, 3.8) is 0 Å². The van der Waals surface area contributed by atoms with E-state index in [1.807, 2.05) is 13.0 Å². The Kier molecular flexibility index (Phi) is 4.31. The predicted molar refractivity (Wildman–Crippen MR) is 95.8 cm³/mol. The van der Waals surface area contributed by atoms with Gasteiger partial charge in [-0.15, -0.1) is 0 Å². The molecule has 1 saturated heterocycles. The van der Waals surface area contributed by atoms with Gasteiger partial charge >= 0.3 is 0 Å². The van der Waals surface area contributed by atoms with Crippen molar-refractivity contribution >= 4 is 11.6 Å². The van der Waals surface area contributed by atoms with Crippen LogP contribution in [0.5, 0.6) is 11.5 Å². The Hall–Kier alpha value is -1.82. The van der Waals surface area contributed by atoms with Gasteiger partial charge < -0.3 is 15.2 Å². The summed E-state index contributed by atoms with van der Waals surface area (Å²) in [6, 6.07) is 6.83. The molecule has 2 heterocycles. The quantitative estimate of drug-likeness (QED) is 0.816. The fourth-order valence-corrected chi connectivity index (χ4v) is 4.06. The fourth-order valence-electron chi connectivity index (χ4n) is 3.70. The van der Waals surface area contributed by atoms with Crippen molar-refractivity contribution in [2.24, 2.45) is 0 Å². The maximum atomic E-state index is 15.0. The van der Waals surface area contributed by atoms with Crippen LogP contribution in [0.1, 0.15) is 11.1 Å². The number of benzene rings is 2. The number of fused-ring (bicyclic) bond motifs is 2. The minimum atomic E-state index is -0.439. The summed E-state index contributed by atoms with van der Waals surface area (Å²) in [5.41, 5.74) is 2.13. The van der Waals surface area contributed by atoms with E-state index in [1.54, 1.807) is 6.07 Å². The number of phenolic OH excluding ortho intramolecular Hbond substituents is 1. The predicted octanol–water partition coefficient (Wildman–Crippen LogP) is 3.33. The van der Waals surface area contributed by atoms with E-state index >= 15 is 0 Å². The maximum Gasteiger partial charge on any atom is 0.143 e. The van der Waals surface area contributed by atoms with Crippen molar-refractivity contribution in [2.75, 3.05) is 26.2 Å². The lowest BCUT2D eigenvalue weighted by molar-refractivity contribution is 0.120. The number of rotatable bonds is 1. The molecular weight excluding hydrogens is 343 g/mol. The molecule has 2 N–H and O–H groups in total. The molecule has 1 atom stereocenters.